The van der Waals surface area contributed by atoms with Crippen molar-refractivity contribution >= 4 is 0 Å². The minimum atomic E-state index is 0.960. The lowest BCUT2D eigenvalue weighted by molar-refractivity contribution is 0.252. The zero-order valence-electron chi connectivity index (χ0n) is 14.4. The standard InChI is InChI=1S/C17H28N6/c1-3-23-17(5-7-18-23)6-10-21-8-4-9-22(12-11-21)15-16-13-19-20(2)14-16/h5,7,13-14H,3-4,6,8-12,15H2,1-2H3. The van der Waals surface area contributed by atoms with E-state index in [1.165, 1.54) is 30.8 Å². The summed E-state index contributed by atoms with van der Waals surface area (Å²) in [5.74, 6) is 0. The van der Waals surface area contributed by atoms with E-state index in [-0.39, 0.29) is 0 Å². The molecule has 1 saturated heterocycles. The molecular weight excluding hydrogens is 288 g/mol. The number of hydrogen-bond donors (Lipinski definition) is 0. The highest BCUT2D eigenvalue weighted by Crippen LogP contribution is 2.09. The van der Waals surface area contributed by atoms with Crippen LogP contribution in [0, 0.1) is 0 Å². The van der Waals surface area contributed by atoms with Gasteiger partial charge in [-0.25, -0.2) is 0 Å². The van der Waals surface area contributed by atoms with Gasteiger partial charge in [0.25, 0.3) is 0 Å². The van der Waals surface area contributed by atoms with Crippen molar-refractivity contribution in [3.63, 3.8) is 0 Å². The highest BCUT2D eigenvalue weighted by molar-refractivity contribution is 5.03. The first kappa shape index (κ1) is 16.2. The SMILES string of the molecule is CCn1nccc1CCN1CCCN(Cc2cnn(C)c2)CC1. The number of aryl methyl sites for hydroxylation is 2. The predicted octanol–water partition coefficient (Wildman–Crippen LogP) is 1.39. The molecule has 0 atom stereocenters. The number of hydrogen-bond acceptors (Lipinski definition) is 4. The Hall–Kier alpha value is -1.66. The molecule has 2 aromatic rings. The maximum absolute atomic E-state index is 4.36. The molecule has 3 rings (SSSR count). The molecule has 3 heterocycles. The van der Waals surface area contributed by atoms with Crippen LogP contribution >= 0.6 is 0 Å². The lowest BCUT2D eigenvalue weighted by atomic mass is 10.2. The minimum Gasteiger partial charge on any atom is -0.302 e. The Labute approximate surface area is 138 Å². The van der Waals surface area contributed by atoms with Gasteiger partial charge >= 0.3 is 0 Å². The zero-order chi connectivity index (χ0) is 16.1. The third-order valence-corrected chi connectivity index (χ3v) is 4.63. The summed E-state index contributed by atoms with van der Waals surface area (Å²) in [6.45, 7) is 9.93. The molecule has 0 amide bonds. The quantitative estimate of drug-likeness (QED) is 0.808. The fourth-order valence-electron chi connectivity index (χ4n) is 3.35. The van der Waals surface area contributed by atoms with Gasteiger partial charge in [0.2, 0.25) is 0 Å². The second kappa shape index (κ2) is 7.75. The molecule has 0 saturated carbocycles. The number of nitrogens with zero attached hydrogens (tertiary/aromatic N) is 6. The Kier molecular flexibility index (Phi) is 5.46. The summed E-state index contributed by atoms with van der Waals surface area (Å²) in [4.78, 5) is 5.14. The Balaban J connectivity index is 1.46. The summed E-state index contributed by atoms with van der Waals surface area (Å²) >= 11 is 0. The minimum absolute atomic E-state index is 0.960. The number of aromatic nitrogens is 4. The van der Waals surface area contributed by atoms with E-state index in [9.17, 15) is 0 Å². The fraction of sp³-hybridized carbons (Fsp3) is 0.647. The van der Waals surface area contributed by atoms with E-state index in [1.807, 2.05) is 24.1 Å². The molecule has 126 valence electrons. The van der Waals surface area contributed by atoms with Crippen LogP contribution in [0.3, 0.4) is 0 Å². The average molecular weight is 316 g/mol. The molecule has 0 bridgehead atoms. The van der Waals surface area contributed by atoms with Gasteiger partial charge in [0.1, 0.15) is 0 Å². The highest BCUT2D eigenvalue weighted by atomic mass is 15.3. The third-order valence-electron chi connectivity index (χ3n) is 4.63. The summed E-state index contributed by atoms with van der Waals surface area (Å²) in [5.41, 5.74) is 2.66. The molecule has 1 aliphatic rings. The lowest BCUT2D eigenvalue weighted by Crippen LogP contribution is -2.32. The molecular formula is C17H28N6. The van der Waals surface area contributed by atoms with Crippen molar-refractivity contribution in [1.82, 2.24) is 29.4 Å². The molecule has 6 heteroatoms. The van der Waals surface area contributed by atoms with E-state index in [0.29, 0.717) is 0 Å². The molecule has 23 heavy (non-hydrogen) atoms. The summed E-state index contributed by atoms with van der Waals surface area (Å²) in [6.07, 6.45) is 8.35. The Morgan fingerprint density at radius 1 is 1.09 bits per heavy atom. The van der Waals surface area contributed by atoms with Crippen LogP contribution in [-0.2, 0) is 26.6 Å². The topological polar surface area (TPSA) is 42.1 Å². The molecule has 0 spiro atoms. The van der Waals surface area contributed by atoms with Crippen molar-refractivity contribution in [3.8, 4) is 0 Å². The molecule has 1 aliphatic heterocycles. The second-order valence-electron chi connectivity index (χ2n) is 6.38. The van der Waals surface area contributed by atoms with Crippen LogP contribution < -0.4 is 0 Å². The Morgan fingerprint density at radius 3 is 2.70 bits per heavy atom. The van der Waals surface area contributed by atoms with Gasteiger partial charge in [-0.05, 0) is 32.5 Å². The van der Waals surface area contributed by atoms with E-state index >= 15 is 0 Å². The molecule has 0 radical (unpaired) electrons. The molecule has 0 aliphatic carbocycles. The summed E-state index contributed by atoms with van der Waals surface area (Å²) in [5, 5.41) is 8.63. The van der Waals surface area contributed by atoms with E-state index in [4.69, 9.17) is 0 Å². The van der Waals surface area contributed by atoms with Crippen molar-refractivity contribution in [2.45, 2.75) is 32.9 Å². The molecule has 0 aromatic carbocycles. The molecule has 6 nitrogen and oxygen atoms in total. The van der Waals surface area contributed by atoms with E-state index in [0.717, 1.165) is 39.1 Å². The lowest BCUT2D eigenvalue weighted by Gasteiger charge is -2.21. The average Bonchev–Trinajstić information content (AvgIpc) is 3.11. The van der Waals surface area contributed by atoms with E-state index in [2.05, 4.69) is 43.9 Å². The van der Waals surface area contributed by atoms with E-state index < -0.39 is 0 Å². The first-order valence-corrected chi connectivity index (χ1v) is 8.67. The van der Waals surface area contributed by atoms with Crippen molar-refractivity contribution < 1.29 is 0 Å². The van der Waals surface area contributed by atoms with Gasteiger partial charge in [-0.1, -0.05) is 0 Å². The van der Waals surface area contributed by atoms with Crippen LogP contribution in [0.15, 0.2) is 24.7 Å². The molecule has 0 unspecified atom stereocenters. The van der Waals surface area contributed by atoms with Gasteiger partial charge in [-0.2, -0.15) is 10.2 Å². The Morgan fingerprint density at radius 2 is 1.91 bits per heavy atom. The van der Waals surface area contributed by atoms with Crippen LogP contribution in [0.1, 0.15) is 24.6 Å². The first-order valence-electron chi connectivity index (χ1n) is 8.67. The fourth-order valence-corrected chi connectivity index (χ4v) is 3.35. The van der Waals surface area contributed by atoms with Gasteiger partial charge in [0.15, 0.2) is 0 Å². The van der Waals surface area contributed by atoms with Gasteiger partial charge in [-0.3, -0.25) is 14.3 Å². The van der Waals surface area contributed by atoms with Crippen molar-refractivity contribution in [3.05, 3.63) is 35.9 Å². The van der Waals surface area contributed by atoms with Crippen molar-refractivity contribution in [1.29, 1.82) is 0 Å². The van der Waals surface area contributed by atoms with Crippen LogP contribution in [-0.4, -0.2) is 62.1 Å². The van der Waals surface area contributed by atoms with Gasteiger partial charge in [-0.15, -0.1) is 0 Å². The van der Waals surface area contributed by atoms with Gasteiger partial charge in [0, 0.05) is 69.8 Å². The first-order chi connectivity index (χ1) is 11.2. The maximum Gasteiger partial charge on any atom is 0.0534 e. The second-order valence-corrected chi connectivity index (χ2v) is 6.38. The zero-order valence-corrected chi connectivity index (χ0v) is 14.4. The maximum atomic E-state index is 4.36. The van der Waals surface area contributed by atoms with Crippen LogP contribution in [0.5, 0.6) is 0 Å². The third kappa shape index (κ3) is 4.42. The largest absolute Gasteiger partial charge is 0.302 e. The summed E-state index contributed by atoms with van der Waals surface area (Å²) < 4.78 is 3.99. The van der Waals surface area contributed by atoms with Crippen LogP contribution in [0.2, 0.25) is 0 Å². The molecule has 1 fully saturated rings. The normalized spacial score (nSPS) is 17.5. The van der Waals surface area contributed by atoms with Gasteiger partial charge in [0.05, 0.1) is 6.20 Å². The summed E-state index contributed by atoms with van der Waals surface area (Å²) in [6, 6.07) is 2.15. The van der Waals surface area contributed by atoms with Crippen molar-refractivity contribution in [2.75, 3.05) is 32.7 Å². The van der Waals surface area contributed by atoms with Crippen LogP contribution in [0.4, 0.5) is 0 Å². The molecule has 0 N–H and O–H groups in total. The smallest absolute Gasteiger partial charge is 0.0534 e. The van der Waals surface area contributed by atoms with Crippen molar-refractivity contribution in [2.24, 2.45) is 7.05 Å². The monoisotopic (exact) mass is 316 g/mol. The predicted molar refractivity (Wildman–Crippen MR) is 91.1 cm³/mol. The summed E-state index contributed by atoms with van der Waals surface area (Å²) in [7, 11) is 1.98. The molecule has 2 aromatic heterocycles. The number of rotatable bonds is 6. The Bertz CT molecular complexity index is 602. The highest BCUT2D eigenvalue weighted by Gasteiger charge is 2.15. The van der Waals surface area contributed by atoms with E-state index in [1.54, 1.807) is 0 Å². The van der Waals surface area contributed by atoms with Crippen LogP contribution in [0.25, 0.3) is 0 Å². The van der Waals surface area contributed by atoms with Gasteiger partial charge < -0.3 is 4.90 Å².